The summed E-state index contributed by atoms with van der Waals surface area (Å²) in [4.78, 5) is 0. The van der Waals surface area contributed by atoms with Gasteiger partial charge in [-0.15, -0.1) is 0 Å². The standard InChI is InChI=1S/C17H17BrClN3O2S/c1-2-23-15-7-12(9-21-22-17(20)25)13(18)8-16(15)24-10-11-5-3-4-6-14(11)19/h3-9H,2,10H2,1H3,(H3,20,22,25)/b21-9-. The van der Waals surface area contributed by atoms with Crippen molar-refractivity contribution in [2.75, 3.05) is 6.61 Å². The zero-order valence-corrected chi connectivity index (χ0v) is 16.6. The molecule has 0 amide bonds. The van der Waals surface area contributed by atoms with Gasteiger partial charge in [-0.1, -0.05) is 29.8 Å². The van der Waals surface area contributed by atoms with Crippen LogP contribution in [-0.2, 0) is 6.61 Å². The van der Waals surface area contributed by atoms with E-state index in [1.54, 1.807) is 6.21 Å². The molecule has 25 heavy (non-hydrogen) atoms. The summed E-state index contributed by atoms with van der Waals surface area (Å²) in [6.45, 7) is 2.75. The van der Waals surface area contributed by atoms with Crippen LogP contribution in [0.3, 0.4) is 0 Å². The summed E-state index contributed by atoms with van der Waals surface area (Å²) < 4.78 is 12.4. The third kappa shape index (κ3) is 5.88. The smallest absolute Gasteiger partial charge is 0.184 e. The molecule has 8 heteroatoms. The summed E-state index contributed by atoms with van der Waals surface area (Å²) in [6.07, 6.45) is 1.59. The molecule has 0 saturated carbocycles. The molecule has 0 radical (unpaired) electrons. The summed E-state index contributed by atoms with van der Waals surface area (Å²) >= 11 is 14.4. The second-order valence-corrected chi connectivity index (χ2v) is 6.57. The highest BCUT2D eigenvalue weighted by atomic mass is 79.9. The number of nitrogens with two attached hydrogens (primary N) is 1. The molecule has 5 nitrogen and oxygen atoms in total. The first-order chi connectivity index (χ1) is 12.0. The summed E-state index contributed by atoms with van der Waals surface area (Å²) in [5.41, 5.74) is 9.54. The van der Waals surface area contributed by atoms with Crippen LogP contribution in [0.15, 0.2) is 46.0 Å². The van der Waals surface area contributed by atoms with Gasteiger partial charge in [0.25, 0.3) is 0 Å². The third-order valence-corrected chi connectivity index (χ3v) is 4.23. The third-order valence-electron chi connectivity index (χ3n) is 3.08. The lowest BCUT2D eigenvalue weighted by molar-refractivity contribution is 0.269. The van der Waals surface area contributed by atoms with Gasteiger partial charge < -0.3 is 15.2 Å². The molecule has 132 valence electrons. The Hall–Kier alpha value is -1.83. The Bertz CT molecular complexity index is 786. The van der Waals surface area contributed by atoms with Gasteiger partial charge in [0.2, 0.25) is 0 Å². The van der Waals surface area contributed by atoms with Crippen LogP contribution in [0.2, 0.25) is 5.02 Å². The maximum Gasteiger partial charge on any atom is 0.184 e. The molecule has 0 aromatic heterocycles. The van der Waals surface area contributed by atoms with E-state index in [1.807, 2.05) is 43.3 Å². The zero-order valence-electron chi connectivity index (χ0n) is 13.5. The minimum absolute atomic E-state index is 0.0945. The Morgan fingerprint density at radius 1 is 1.32 bits per heavy atom. The fraction of sp³-hybridized carbons (Fsp3) is 0.176. The second kappa shape index (κ2) is 9.60. The van der Waals surface area contributed by atoms with Crippen molar-refractivity contribution in [1.29, 1.82) is 0 Å². The van der Waals surface area contributed by atoms with E-state index in [0.29, 0.717) is 29.7 Å². The minimum Gasteiger partial charge on any atom is -0.490 e. The predicted molar refractivity (Wildman–Crippen MR) is 109 cm³/mol. The first kappa shape index (κ1) is 19.5. The van der Waals surface area contributed by atoms with Crippen molar-refractivity contribution in [3.05, 3.63) is 57.0 Å². The molecular formula is C17H17BrClN3O2S. The normalized spacial score (nSPS) is 10.7. The molecule has 0 unspecified atom stereocenters. The van der Waals surface area contributed by atoms with Crippen LogP contribution < -0.4 is 20.6 Å². The molecule has 3 N–H and O–H groups in total. The topological polar surface area (TPSA) is 68.9 Å². The molecule has 0 atom stereocenters. The molecule has 0 saturated heterocycles. The van der Waals surface area contributed by atoms with Crippen molar-refractivity contribution in [2.45, 2.75) is 13.5 Å². The Morgan fingerprint density at radius 3 is 2.72 bits per heavy atom. The van der Waals surface area contributed by atoms with Crippen molar-refractivity contribution in [3.8, 4) is 11.5 Å². The summed E-state index contributed by atoms with van der Waals surface area (Å²) in [5.74, 6) is 1.21. The lowest BCUT2D eigenvalue weighted by atomic mass is 10.2. The van der Waals surface area contributed by atoms with Crippen LogP contribution in [-0.4, -0.2) is 17.9 Å². The second-order valence-electron chi connectivity index (χ2n) is 4.87. The van der Waals surface area contributed by atoms with Crippen LogP contribution in [0.4, 0.5) is 0 Å². The highest BCUT2D eigenvalue weighted by Gasteiger charge is 2.11. The van der Waals surface area contributed by atoms with Gasteiger partial charge in [0.15, 0.2) is 16.6 Å². The average Bonchev–Trinajstić information content (AvgIpc) is 2.57. The first-order valence-corrected chi connectivity index (χ1v) is 9.00. The van der Waals surface area contributed by atoms with Crippen LogP contribution in [0.25, 0.3) is 0 Å². The lowest BCUT2D eigenvalue weighted by Gasteiger charge is -2.14. The molecule has 0 aliphatic heterocycles. The Balaban J connectivity index is 2.22. The SMILES string of the molecule is CCOc1cc(/C=N\NC(N)=S)c(Br)cc1OCc1ccccc1Cl. The van der Waals surface area contributed by atoms with Gasteiger partial charge in [0, 0.05) is 20.6 Å². The molecule has 0 bridgehead atoms. The number of thiocarbonyl (C=S) groups is 1. The summed E-state index contributed by atoms with van der Waals surface area (Å²) in [7, 11) is 0. The van der Waals surface area contributed by atoms with Gasteiger partial charge in [0.1, 0.15) is 6.61 Å². The number of benzene rings is 2. The molecule has 0 aliphatic rings. The quantitative estimate of drug-likeness (QED) is 0.381. The number of nitrogens with one attached hydrogen (secondary N) is 1. The monoisotopic (exact) mass is 441 g/mol. The molecule has 2 aromatic carbocycles. The van der Waals surface area contributed by atoms with Crippen molar-refractivity contribution in [3.63, 3.8) is 0 Å². The number of hydrogen-bond donors (Lipinski definition) is 2. The van der Waals surface area contributed by atoms with Crippen LogP contribution in [0.1, 0.15) is 18.1 Å². The maximum absolute atomic E-state index is 6.17. The van der Waals surface area contributed by atoms with E-state index in [-0.39, 0.29) is 5.11 Å². The van der Waals surface area contributed by atoms with E-state index in [2.05, 4.69) is 26.5 Å². The molecule has 0 fully saturated rings. The van der Waals surface area contributed by atoms with Crippen molar-refractivity contribution < 1.29 is 9.47 Å². The van der Waals surface area contributed by atoms with E-state index in [4.69, 9.17) is 39.0 Å². The Morgan fingerprint density at radius 2 is 2.04 bits per heavy atom. The van der Waals surface area contributed by atoms with E-state index in [1.165, 1.54) is 0 Å². The van der Waals surface area contributed by atoms with Crippen molar-refractivity contribution in [1.82, 2.24) is 5.43 Å². The highest BCUT2D eigenvalue weighted by molar-refractivity contribution is 9.10. The fourth-order valence-electron chi connectivity index (χ4n) is 1.97. The lowest BCUT2D eigenvalue weighted by Crippen LogP contribution is -2.24. The van der Waals surface area contributed by atoms with Crippen molar-refractivity contribution >= 4 is 51.1 Å². The van der Waals surface area contributed by atoms with Crippen molar-refractivity contribution in [2.24, 2.45) is 10.8 Å². The number of rotatable bonds is 7. The number of hydrazone groups is 1. The van der Waals surface area contributed by atoms with Gasteiger partial charge in [0.05, 0.1) is 12.8 Å². The number of hydrogen-bond acceptors (Lipinski definition) is 4. The Labute approximate surface area is 165 Å². The Kier molecular flexibility index (Phi) is 7.49. The maximum atomic E-state index is 6.17. The number of nitrogens with zero attached hydrogens (tertiary/aromatic N) is 1. The molecule has 2 rings (SSSR count). The van der Waals surface area contributed by atoms with Gasteiger partial charge >= 0.3 is 0 Å². The highest BCUT2D eigenvalue weighted by Crippen LogP contribution is 2.34. The van der Waals surface area contributed by atoms with Gasteiger partial charge in [-0.05, 0) is 53.3 Å². The first-order valence-electron chi connectivity index (χ1n) is 7.42. The molecule has 2 aromatic rings. The van der Waals surface area contributed by atoms with E-state index < -0.39 is 0 Å². The van der Waals surface area contributed by atoms with E-state index in [9.17, 15) is 0 Å². The van der Waals surface area contributed by atoms with Crippen LogP contribution >= 0.6 is 39.7 Å². The number of ether oxygens (including phenoxy) is 2. The molecule has 0 heterocycles. The minimum atomic E-state index is 0.0945. The van der Waals surface area contributed by atoms with E-state index >= 15 is 0 Å². The largest absolute Gasteiger partial charge is 0.490 e. The summed E-state index contributed by atoms with van der Waals surface area (Å²) in [5, 5.41) is 4.71. The molecular weight excluding hydrogens is 426 g/mol. The zero-order chi connectivity index (χ0) is 18.2. The van der Waals surface area contributed by atoms with Gasteiger partial charge in [-0.2, -0.15) is 5.10 Å². The molecule has 0 spiro atoms. The predicted octanol–water partition coefficient (Wildman–Crippen LogP) is 4.25. The van der Waals surface area contributed by atoms with Gasteiger partial charge in [-0.25, -0.2) is 0 Å². The number of halogens is 2. The van der Waals surface area contributed by atoms with Gasteiger partial charge in [-0.3, -0.25) is 5.43 Å². The molecule has 0 aliphatic carbocycles. The van der Waals surface area contributed by atoms with Crippen LogP contribution in [0, 0.1) is 0 Å². The summed E-state index contributed by atoms with van der Waals surface area (Å²) in [6, 6.07) is 11.2. The van der Waals surface area contributed by atoms with E-state index in [0.717, 1.165) is 15.6 Å². The van der Waals surface area contributed by atoms with Crippen LogP contribution in [0.5, 0.6) is 11.5 Å². The fourth-order valence-corrected chi connectivity index (χ4v) is 2.64. The average molecular weight is 443 g/mol.